The van der Waals surface area contributed by atoms with Crippen LogP contribution in [0.5, 0.6) is 5.75 Å². The maximum absolute atomic E-state index is 13.0. The number of benzene rings is 3. The van der Waals surface area contributed by atoms with Crippen molar-refractivity contribution >= 4 is 35.3 Å². The number of nitrogens with one attached hydrogen (secondary N) is 1. The van der Waals surface area contributed by atoms with Crippen molar-refractivity contribution in [1.82, 2.24) is 5.32 Å². The van der Waals surface area contributed by atoms with E-state index in [4.69, 9.17) is 16.3 Å². The molecule has 0 bridgehead atoms. The first-order valence-electron chi connectivity index (χ1n) is 9.09. The largest absolute Gasteiger partial charge is 0.489 e. The van der Waals surface area contributed by atoms with Gasteiger partial charge in [-0.3, -0.25) is 4.79 Å². The normalized spacial score (nSPS) is 14.9. The van der Waals surface area contributed by atoms with Crippen LogP contribution in [0.15, 0.2) is 78.5 Å². The molecule has 1 N–H and O–H groups in total. The molecule has 5 nitrogen and oxygen atoms in total. The molecule has 1 fully saturated rings. The van der Waals surface area contributed by atoms with Gasteiger partial charge in [0, 0.05) is 5.02 Å². The van der Waals surface area contributed by atoms with Gasteiger partial charge in [-0.15, -0.1) is 0 Å². The van der Waals surface area contributed by atoms with Gasteiger partial charge in [-0.25, -0.2) is 14.1 Å². The average Bonchev–Trinajstić information content (AvgIpc) is 3.02. The summed E-state index contributed by atoms with van der Waals surface area (Å²) in [5, 5.41) is 3.10. The highest BCUT2D eigenvalue weighted by molar-refractivity contribution is 6.31. The standard InChI is InChI=1S/C23H16ClFN2O3/c24-17-6-10-19(11-7-17)27-22(28)21(26-23(27)29)13-16-2-1-3-20(12-16)30-14-15-4-8-18(25)9-5-15/h1-13H,14H2,(H,26,29)/b21-13+. The minimum atomic E-state index is -0.530. The quantitative estimate of drug-likeness (QED) is 0.456. The van der Waals surface area contributed by atoms with Crippen molar-refractivity contribution in [2.24, 2.45) is 0 Å². The molecule has 30 heavy (non-hydrogen) atoms. The Morgan fingerprint density at radius 1 is 1.00 bits per heavy atom. The summed E-state index contributed by atoms with van der Waals surface area (Å²) in [6.45, 7) is 0.278. The van der Waals surface area contributed by atoms with Crippen molar-refractivity contribution in [2.75, 3.05) is 4.90 Å². The summed E-state index contributed by atoms with van der Waals surface area (Å²) in [5.41, 5.74) is 2.11. The second-order valence-electron chi connectivity index (χ2n) is 6.59. The molecule has 0 aliphatic carbocycles. The lowest BCUT2D eigenvalue weighted by Gasteiger charge is -2.11. The zero-order valence-electron chi connectivity index (χ0n) is 15.6. The molecule has 0 atom stereocenters. The number of hydrogen-bond acceptors (Lipinski definition) is 3. The van der Waals surface area contributed by atoms with Crippen molar-refractivity contribution < 1.29 is 18.7 Å². The van der Waals surface area contributed by atoms with E-state index < -0.39 is 11.9 Å². The fourth-order valence-corrected chi connectivity index (χ4v) is 3.09. The summed E-state index contributed by atoms with van der Waals surface area (Å²) in [4.78, 5) is 26.1. The lowest BCUT2D eigenvalue weighted by Crippen LogP contribution is -2.30. The Labute approximate surface area is 177 Å². The lowest BCUT2D eigenvalue weighted by atomic mass is 10.1. The molecule has 3 amide bonds. The minimum absolute atomic E-state index is 0.158. The highest BCUT2D eigenvalue weighted by atomic mass is 35.5. The number of halogens is 2. The van der Waals surface area contributed by atoms with E-state index in [1.165, 1.54) is 12.1 Å². The molecule has 4 rings (SSSR count). The summed E-state index contributed by atoms with van der Waals surface area (Å²) in [7, 11) is 0. The van der Waals surface area contributed by atoms with Crippen molar-refractivity contribution in [3.8, 4) is 5.75 Å². The number of carbonyl (C=O) groups is 2. The van der Waals surface area contributed by atoms with Crippen molar-refractivity contribution in [2.45, 2.75) is 6.61 Å². The summed E-state index contributed by atoms with van der Waals surface area (Å²) < 4.78 is 18.7. The van der Waals surface area contributed by atoms with Gasteiger partial charge < -0.3 is 10.1 Å². The number of rotatable bonds is 5. The number of hydrogen-bond donors (Lipinski definition) is 1. The van der Waals surface area contributed by atoms with Crippen LogP contribution in [0.1, 0.15) is 11.1 Å². The second-order valence-corrected chi connectivity index (χ2v) is 7.03. The van der Waals surface area contributed by atoms with E-state index in [2.05, 4.69) is 5.32 Å². The maximum Gasteiger partial charge on any atom is 0.333 e. The average molecular weight is 423 g/mol. The number of imide groups is 1. The van der Waals surface area contributed by atoms with Gasteiger partial charge in [-0.2, -0.15) is 0 Å². The van der Waals surface area contributed by atoms with E-state index in [-0.39, 0.29) is 18.1 Å². The van der Waals surface area contributed by atoms with Gasteiger partial charge in [-0.05, 0) is 65.7 Å². The molecule has 3 aromatic rings. The van der Waals surface area contributed by atoms with E-state index in [1.807, 2.05) is 0 Å². The third kappa shape index (κ3) is 4.34. The highest BCUT2D eigenvalue weighted by Crippen LogP contribution is 2.25. The monoisotopic (exact) mass is 422 g/mol. The second kappa shape index (κ2) is 8.39. The number of amides is 3. The van der Waals surface area contributed by atoms with E-state index in [1.54, 1.807) is 66.7 Å². The van der Waals surface area contributed by atoms with Crippen LogP contribution in [0.25, 0.3) is 6.08 Å². The first-order valence-corrected chi connectivity index (χ1v) is 9.47. The predicted octanol–water partition coefficient (Wildman–Crippen LogP) is 5.16. The Morgan fingerprint density at radius 2 is 1.73 bits per heavy atom. The Morgan fingerprint density at radius 3 is 2.47 bits per heavy atom. The first kappa shape index (κ1) is 19.7. The molecule has 1 heterocycles. The zero-order chi connectivity index (χ0) is 21.1. The molecule has 0 unspecified atom stereocenters. The summed E-state index contributed by atoms with van der Waals surface area (Å²) in [6.07, 6.45) is 1.58. The summed E-state index contributed by atoms with van der Waals surface area (Å²) in [6, 6.07) is 19.1. The molecule has 1 aliphatic heterocycles. The van der Waals surface area contributed by atoms with Gasteiger partial charge in [-0.1, -0.05) is 35.9 Å². The van der Waals surface area contributed by atoms with Gasteiger partial charge in [0.2, 0.25) is 0 Å². The van der Waals surface area contributed by atoms with Crippen LogP contribution in [0, 0.1) is 5.82 Å². The number of anilines is 1. The molecule has 150 valence electrons. The van der Waals surface area contributed by atoms with Crippen molar-refractivity contribution in [1.29, 1.82) is 0 Å². The zero-order valence-corrected chi connectivity index (χ0v) is 16.4. The topological polar surface area (TPSA) is 58.6 Å². The molecule has 1 saturated heterocycles. The third-order valence-corrected chi connectivity index (χ3v) is 4.70. The fourth-order valence-electron chi connectivity index (χ4n) is 2.97. The molecular weight excluding hydrogens is 407 g/mol. The Kier molecular flexibility index (Phi) is 5.50. The Balaban J connectivity index is 1.49. The predicted molar refractivity (Wildman–Crippen MR) is 113 cm³/mol. The molecule has 0 saturated carbocycles. The smallest absolute Gasteiger partial charge is 0.333 e. The van der Waals surface area contributed by atoms with Gasteiger partial charge in [0.1, 0.15) is 23.9 Å². The van der Waals surface area contributed by atoms with Crippen molar-refractivity contribution in [3.63, 3.8) is 0 Å². The molecule has 7 heteroatoms. The summed E-state index contributed by atoms with van der Waals surface area (Å²) >= 11 is 5.87. The van der Waals surface area contributed by atoms with E-state index >= 15 is 0 Å². The molecule has 0 spiro atoms. The summed E-state index contributed by atoms with van der Waals surface area (Å²) in [5.74, 6) is -0.178. The van der Waals surface area contributed by atoms with Crippen LogP contribution in [-0.4, -0.2) is 11.9 Å². The van der Waals surface area contributed by atoms with Gasteiger partial charge in [0.25, 0.3) is 5.91 Å². The molecule has 3 aromatic carbocycles. The van der Waals surface area contributed by atoms with Crippen LogP contribution in [0.3, 0.4) is 0 Å². The van der Waals surface area contributed by atoms with Gasteiger partial charge in [0.05, 0.1) is 5.69 Å². The fraction of sp³-hybridized carbons (Fsp3) is 0.0435. The Bertz CT molecular complexity index is 1130. The van der Waals surface area contributed by atoms with Gasteiger partial charge >= 0.3 is 6.03 Å². The first-order chi connectivity index (χ1) is 14.5. The molecular formula is C23H16ClFN2O3. The van der Waals surface area contributed by atoms with Crippen molar-refractivity contribution in [3.05, 3.63) is 100 Å². The SMILES string of the molecule is O=C1N/C(=C/c2cccc(OCc3ccc(F)cc3)c2)C(=O)N1c1ccc(Cl)cc1. The third-order valence-electron chi connectivity index (χ3n) is 4.45. The van der Waals surface area contributed by atoms with Crippen LogP contribution in [-0.2, 0) is 11.4 Å². The highest BCUT2D eigenvalue weighted by Gasteiger charge is 2.34. The lowest BCUT2D eigenvalue weighted by molar-refractivity contribution is -0.113. The Hall–Kier alpha value is -3.64. The maximum atomic E-state index is 13.0. The molecule has 0 aromatic heterocycles. The van der Waals surface area contributed by atoms with Crippen LogP contribution in [0.2, 0.25) is 5.02 Å². The van der Waals surface area contributed by atoms with Crippen LogP contribution < -0.4 is 15.0 Å². The van der Waals surface area contributed by atoms with E-state index in [9.17, 15) is 14.0 Å². The number of urea groups is 1. The van der Waals surface area contributed by atoms with Crippen LogP contribution >= 0.6 is 11.6 Å². The van der Waals surface area contributed by atoms with E-state index in [0.717, 1.165) is 10.5 Å². The minimum Gasteiger partial charge on any atom is -0.489 e. The van der Waals surface area contributed by atoms with Crippen LogP contribution in [0.4, 0.5) is 14.9 Å². The van der Waals surface area contributed by atoms with E-state index in [0.29, 0.717) is 22.0 Å². The number of carbonyl (C=O) groups excluding carboxylic acids is 2. The number of nitrogens with zero attached hydrogens (tertiary/aromatic N) is 1. The molecule has 1 aliphatic rings. The molecule has 0 radical (unpaired) electrons. The number of ether oxygens (including phenoxy) is 1. The van der Waals surface area contributed by atoms with Gasteiger partial charge in [0.15, 0.2) is 0 Å².